The molecular formula is C8H14F3N. The quantitative estimate of drug-likeness (QED) is 0.600. The molecule has 0 aromatic heterocycles. The number of halogens is 3. The first-order valence-corrected chi connectivity index (χ1v) is 4.08. The van der Waals surface area contributed by atoms with E-state index in [4.69, 9.17) is 0 Å². The van der Waals surface area contributed by atoms with Gasteiger partial charge in [0.15, 0.2) is 0 Å². The minimum Gasteiger partial charge on any atom is -0.294 e. The Morgan fingerprint density at radius 2 is 1.92 bits per heavy atom. The first kappa shape index (κ1) is 9.84. The van der Waals surface area contributed by atoms with Gasteiger partial charge in [-0.25, -0.2) is 0 Å². The van der Waals surface area contributed by atoms with Crippen LogP contribution in [0.25, 0.3) is 0 Å². The van der Waals surface area contributed by atoms with Crippen molar-refractivity contribution in [3.63, 3.8) is 0 Å². The molecule has 0 aromatic rings. The number of alkyl halides is 3. The Bertz CT molecular complexity index is 162. The number of hydrogen-bond donors (Lipinski definition) is 0. The lowest BCUT2D eigenvalue weighted by Crippen LogP contribution is -2.33. The third kappa shape index (κ3) is 3.01. The third-order valence-corrected chi connectivity index (χ3v) is 2.16. The van der Waals surface area contributed by atoms with Crippen LogP contribution in [0, 0.1) is 5.41 Å². The monoisotopic (exact) mass is 181 g/mol. The lowest BCUT2D eigenvalue weighted by Gasteiger charge is -2.20. The molecule has 0 spiro atoms. The van der Waals surface area contributed by atoms with Gasteiger partial charge in [-0.05, 0) is 18.4 Å². The van der Waals surface area contributed by atoms with Gasteiger partial charge >= 0.3 is 6.18 Å². The second-order valence-electron chi connectivity index (χ2n) is 4.24. The first-order valence-electron chi connectivity index (χ1n) is 4.08. The van der Waals surface area contributed by atoms with E-state index in [1.54, 1.807) is 0 Å². The number of nitrogens with zero attached hydrogens (tertiary/aromatic N) is 1. The molecular weight excluding hydrogens is 167 g/mol. The van der Waals surface area contributed by atoms with E-state index in [1.165, 1.54) is 4.90 Å². The highest BCUT2D eigenvalue weighted by Crippen LogP contribution is 2.30. The maximum Gasteiger partial charge on any atom is 0.401 e. The zero-order valence-electron chi connectivity index (χ0n) is 7.41. The highest BCUT2D eigenvalue weighted by Gasteiger charge is 2.36. The molecule has 0 bridgehead atoms. The Morgan fingerprint density at radius 3 is 2.25 bits per heavy atom. The van der Waals surface area contributed by atoms with Crippen molar-refractivity contribution in [2.24, 2.45) is 5.41 Å². The second-order valence-corrected chi connectivity index (χ2v) is 4.24. The molecule has 72 valence electrons. The SMILES string of the molecule is CC1(C)CCN(CC(F)(F)F)C1. The summed E-state index contributed by atoms with van der Waals surface area (Å²) in [6.07, 6.45) is -3.18. The maximum absolute atomic E-state index is 11.9. The summed E-state index contributed by atoms with van der Waals surface area (Å²) in [5.74, 6) is 0. The molecule has 1 aliphatic heterocycles. The van der Waals surface area contributed by atoms with Crippen molar-refractivity contribution in [1.29, 1.82) is 0 Å². The van der Waals surface area contributed by atoms with Crippen molar-refractivity contribution in [1.82, 2.24) is 4.90 Å². The van der Waals surface area contributed by atoms with Crippen LogP contribution in [0.1, 0.15) is 20.3 Å². The molecule has 0 saturated carbocycles. The van der Waals surface area contributed by atoms with Gasteiger partial charge in [-0.1, -0.05) is 13.8 Å². The molecule has 0 atom stereocenters. The fraction of sp³-hybridized carbons (Fsp3) is 1.00. The molecule has 0 N–H and O–H groups in total. The van der Waals surface area contributed by atoms with Gasteiger partial charge in [-0.15, -0.1) is 0 Å². The Balaban J connectivity index is 2.39. The summed E-state index contributed by atoms with van der Waals surface area (Å²) in [5.41, 5.74) is 0.0608. The largest absolute Gasteiger partial charge is 0.401 e. The minimum atomic E-state index is -4.04. The summed E-state index contributed by atoms with van der Waals surface area (Å²) in [5, 5.41) is 0. The fourth-order valence-corrected chi connectivity index (χ4v) is 1.61. The maximum atomic E-state index is 11.9. The lowest BCUT2D eigenvalue weighted by molar-refractivity contribution is -0.144. The molecule has 1 heterocycles. The standard InChI is InChI=1S/C8H14F3N/c1-7(2)3-4-12(5-7)6-8(9,10)11/h3-6H2,1-2H3. The Labute approximate surface area is 70.5 Å². The van der Waals surface area contributed by atoms with E-state index in [1.807, 2.05) is 13.8 Å². The molecule has 0 radical (unpaired) electrons. The number of rotatable bonds is 1. The van der Waals surface area contributed by atoms with Crippen molar-refractivity contribution < 1.29 is 13.2 Å². The molecule has 0 aliphatic carbocycles. The van der Waals surface area contributed by atoms with Gasteiger partial charge in [-0.2, -0.15) is 13.2 Å². The molecule has 0 unspecified atom stereocenters. The minimum absolute atomic E-state index is 0.0608. The summed E-state index contributed by atoms with van der Waals surface area (Å²) >= 11 is 0. The lowest BCUT2D eigenvalue weighted by atomic mass is 9.93. The van der Waals surface area contributed by atoms with Gasteiger partial charge in [0.1, 0.15) is 0 Å². The van der Waals surface area contributed by atoms with Crippen molar-refractivity contribution in [3.05, 3.63) is 0 Å². The predicted molar refractivity (Wildman–Crippen MR) is 40.9 cm³/mol. The zero-order chi connectivity index (χ0) is 9.41. The van der Waals surface area contributed by atoms with E-state index in [0.29, 0.717) is 13.1 Å². The van der Waals surface area contributed by atoms with E-state index in [0.717, 1.165) is 6.42 Å². The summed E-state index contributed by atoms with van der Waals surface area (Å²) in [6.45, 7) is 4.39. The van der Waals surface area contributed by atoms with E-state index in [-0.39, 0.29) is 5.41 Å². The van der Waals surface area contributed by atoms with Crippen LogP contribution >= 0.6 is 0 Å². The summed E-state index contributed by atoms with van der Waals surface area (Å²) in [7, 11) is 0. The van der Waals surface area contributed by atoms with Crippen LogP contribution in [0.3, 0.4) is 0 Å². The van der Waals surface area contributed by atoms with Crippen molar-refractivity contribution >= 4 is 0 Å². The normalized spacial score (nSPS) is 24.8. The third-order valence-electron chi connectivity index (χ3n) is 2.16. The summed E-state index contributed by atoms with van der Waals surface area (Å²) in [4.78, 5) is 1.47. The molecule has 0 amide bonds. The molecule has 1 fully saturated rings. The number of hydrogen-bond acceptors (Lipinski definition) is 1. The van der Waals surface area contributed by atoms with Crippen molar-refractivity contribution in [3.8, 4) is 0 Å². The van der Waals surface area contributed by atoms with Crippen LogP contribution in [-0.2, 0) is 0 Å². The van der Waals surface area contributed by atoms with Gasteiger partial charge < -0.3 is 0 Å². The summed E-state index contributed by atoms with van der Waals surface area (Å²) < 4.78 is 35.8. The summed E-state index contributed by atoms with van der Waals surface area (Å²) in [6, 6.07) is 0. The van der Waals surface area contributed by atoms with Gasteiger partial charge in [0.2, 0.25) is 0 Å². The molecule has 1 rings (SSSR count). The van der Waals surface area contributed by atoms with Crippen molar-refractivity contribution in [2.45, 2.75) is 26.4 Å². The first-order chi connectivity index (χ1) is 5.29. The van der Waals surface area contributed by atoms with Gasteiger partial charge in [0.25, 0.3) is 0 Å². The van der Waals surface area contributed by atoms with Crippen LogP contribution in [-0.4, -0.2) is 30.7 Å². The molecule has 1 saturated heterocycles. The molecule has 4 heteroatoms. The number of likely N-dealkylation sites (tertiary alicyclic amines) is 1. The van der Waals surface area contributed by atoms with Crippen LogP contribution in [0.5, 0.6) is 0 Å². The smallest absolute Gasteiger partial charge is 0.294 e. The Hall–Kier alpha value is -0.250. The fourth-order valence-electron chi connectivity index (χ4n) is 1.61. The predicted octanol–water partition coefficient (Wildman–Crippen LogP) is 2.28. The van der Waals surface area contributed by atoms with Crippen LogP contribution in [0.15, 0.2) is 0 Å². The van der Waals surface area contributed by atoms with E-state index in [2.05, 4.69) is 0 Å². The van der Waals surface area contributed by atoms with Crippen molar-refractivity contribution in [2.75, 3.05) is 19.6 Å². The second kappa shape index (κ2) is 2.91. The topological polar surface area (TPSA) is 3.24 Å². The van der Waals surface area contributed by atoms with E-state index in [9.17, 15) is 13.2 Å². The van der Waals surface area contributed by atoms with Gasteiger partial charge in [0, 0.05) is 6.54 Å². The molecule has 1 aliphatic rings. The van der Waals surface area contributed by atoms with Crippen LogP contribution in [0.4, 0.5) is 13.2 Å². The van der Waals surface area contributed by atoms with Gasteiger partial charge in [-0.3, -0.25) is 4.90 Å². The Morgan fingerprint density at radius 1 is 1.33 bits per heavy atom. The molecule has 12 heavy (non-hydrogen) atoms. The zero-order valence-corrected chi connectivity index (χ0v) is 7.41. The molecule has 0 aromatic carbocycles. The highest BCUT2D eigenvalue weighted by atomic mass is 19.4. The van der Waals surface area contributed by atoms with Gasteiger partial charge in [0.05, 0.1) is 6.54 Å². The van der Waals surface area contributed by atoms with E-state index < -0.39 is 12.7 Å². The van der Waals surface area contributed by atoms with Crippen LogP contribution < -0.4 is 0 Å². The average molecular weight is 181 g/mol. The molecule has 1 nitrogen and oxygen atoms in total. The van der Waals surface area contributed by atoms with Crippen LogP contribution in [0.2, 0.25) is 0 Å². The van der Waals surface area contributed by atoms with E-state index >= 15 is 0 Å². The highest BCUT2D eigenvalue weighted by molar-refractivity contribution is 4.83. The average Bonchev–Trinajstić information content (AvgIpc) is 2.05. The Kier molecular flexibility index (Phi) is 2.38.